The molecule has 0 aliphatic rings. The second kappa shape index (κ2) is 2.96. The second-order valence-electron chi connectivity index (χ2n) is 0.947. The summed E-state index contributed by atoms with van der Waals surface area (Å²) in [6, 6.07) is 0. The van der Waals surface area contributed by atoms with Gasteiger partial charge in [0.2, 0.25) is 0 Å². The van der Waals surface area contributed by atoms with Gasteiger partial charge in [-0.3, -0.25) is 0 Å². The Bertz CT molecular complexity index is 11.6. The van der Waals surface area contributed by atoms with E-state index in [1.807, 2.05) is 0 Å². The third-order valence-corrected chi connectivity index (χ3v) is 0. The molecule has 28 valence electrons. The fraction of sp³-hybridized carbons (Fsp3) is 0.667. The van der Waals surface area contributed by atoms with Crippen molar-refractivity contribution in [1.82, 2.24) is 0 Å². The number of hydrogen-bond acceptors (Lipinski definition) is 1. The molecule has 0 bridgehead atoms. The fourth-order valence-electron chi connectivity index (χ4n) is 0. The quantitative estimate of drug-likeness (QED) is 0.657. The van der Waals surface area contributed by atoms with Crippen molar-refractivity contribution >= 4 is 0 Å². The molecular weight excluding hydrogens is 319 g/mol. The maximum Gasteiger partial charge on any atom is 0 e. The predicted molar refractivity (Wildman–Crippen MR) is 16.5 cm³/mol. The van der Waals surface area contributed by atoms with Crippen LogP contribution in [-0.2, 0) is 0 Å². The molecule has 0 atom stereocenters. The minimum absolute atomic E-state index is 0. The summed E-state index contributed by atoms with van der Waals surface area (Å²) in [7, 11) is 0. The Hall–Kier alpha value is -1.04. The van der Waals surface area contributed by atoms with E-state index < -0.39 is 0 Å². The van der Waals surface area contributed by atoms with E-state index in [2.05, 4.69) is 0 Å². The first-order valence-corrected chi connectivity index (χ1v) is 1.22. The van der Waals surface area contributed by atoms with Gasteiger partial charge in [0, 0.05) is 0 Å². The van der Waals surface area contributed by atoms with Gasteiger partial charge in [-0.25, -0.2) is 6.10 Å². The summed E-state index contributed by atoms with van der Waals surface area (Å²) in [5.41, 5.74) is 0. The molecule has 0 aromatic heterocycles. The van der Waals surface area contributed by atoms with E-state index in [1.165, 1.54) is 0 Å². The summed E-state index contributed by atoms with van der Waals surface area (Å²) in [4.78, 5) is 0. The molecule has 0 spiro atoms. The molecule has 0 saturated carbocycles. The van der Waals surface area contributed by atoms with Gasteiger partial charge >= 0.3 is 0 Å². The number of aliphatic hydroxyl groups excluding tert-OH is 1. The molecule has 2 heteroatoms. The Morgan fingerprint density at radius 3 is 1.40 bits per heavy atom. The van der Waals surface area contributed by atoms with Crippen LogP contribution in [0, 0.1) is 6.10 Å². The topological polar surface area (TPSA) is 20.2 Å². The number of rotatable bonds is 0. The summed E-state index contributed by atoms with van der Waals surface area (Å²) in [6.45, 7) is 3.28. The Kier molecular flexibility index (Phi) is 5.35. The van der Waals surface area contributed by atoms with Gasteiger partial charge in [0.25, 0.3) is 0 Å². The van der Waals surface area contributed by atoms with E-state index in [0.29, 0.717) is 6.10 Å². The zero-order chi connectivity index (χ0) is 3.58. The van der Waals surface area contributed by atoms with Gasteiger partial charge in [-0.15, -0.1) is 0 Å². The molecule has 0 aromatic carbocycles. The molecule has 5 heavy (non-hydrogen) atoms. The van der Waals surface area contributed by atoms with Gasteiger partial charge in [-0.1, -0.05) is 0 Å². The Morgan fingerprint density at radius 1 is 1.40 bits per heavy atom. The van der Waals surface area contributed by atoms with E-state index in [-0.39, 0.29) is 0 Å². The Morgan fingerprint density at radius 2 is 1.40 bits per heavy atom. The van der Waals surface area contributed by atoms with Crippen LogP contribution in [0.1, 0.15) is 13.8 Å². The second-order valence-corrected chi connectivity index (χ2v) is 0.947. The predicted octanol–water partition coefficient (Wildman–Crippen LogP) is 0.931. The minimum atomic E-state index is 0. The maximum atomic E-state index is 7.97. The molecule has 0 aliphatic heterocycles. The van der Waals surface area contributed by atoms with Crippen LogP contribution < -0.4 is 0 Å². The third-order valence-electron chi connectivity index (χ3n) is 0. The normalized spacial score (nSPS) is 7.20. The third kappa shape index (κ3) is 2.52. The molecule has 0 saturated heterocycles. The van der Waals surface area contributed by atoms with Gasteiger partial charge in [0.1, 0.15) is 0 Å². The van der Waals surface area contributed by atoms with Crippen LogP contribution in [0.5, 0.6) is 0 Å². The van der Waals surface area contributed by atoms with Crippen molar-refractivity contribution in [3.63, 3.8) is 0 Å². The summed E-state index contributed by atoms with van der Waals surface area (Å²) in [5.74, 6) is 0. The maximum absolute atomic E-state index is 7.97. The van der Waals surface area contributed by atoms with Gasteiger partial charge in [0.15, 0.2) is 0 Å². The van der Waals surface area contributed by atoms with Crippen LogP contribution in [0.25, 0.3) is 0 Å². The van der Waals surface area contributed by atoms with Crippen molar-refractivity contribution in [3.8, 4) is 0 Å². The average Bonchev–Trinajstić information content (AvgIpc) is 0.811. The fourth-order valence-corrected chi connectivity index (χ4v) is 0. The molecule has 1 nitrogen and oxygen atoms in total. The molecule has 0 heterocycles. The SMILES string of the molecule is C[C-](C)O.[Rf]. The average molecular weight is 326 g/mol. The van der Waals surface area contributed by atoms with Crippen LogP contribution in [0.4, 0.5) is 0 Å². The largest absolute Gasteiger partial charge is 0.563 e. The summed E-state index contributed by atoms with van der Waals surface area (Å²) in [6.07, 6.45) is 0.417. The minimum Gasteiger partial charge on any atom is -0.563 e. The van der Waals surface area contributed by atoms with Gasteiger partial charge in [0.05, 0.1) is 0 Å². The van der Waals surface area contributed by atoms with Gasteiger partial charge in [-0.05, 0) is 0 Å². The van der Waals surface area contributed by atoms with E-state index in [1.54, 1.807) is 13.8 Å². The molecular formula is C3H7ORf-. The first kappa shape index (κ1) is 9.03. The van der Waals surface area contributed by atoms with Crippen molar-refractivity contribution in [2.45, 2.75) is 13.8 Å². The summed E-state index contributed by atoms with van der Waals surface area (Å²) >= 11 is 0. The Labute approximate surface area is 26.3 Å². The van der Waals surface area contributed by atoms with E-state index in [4.69, 9.17) is 5.11 Å². The van der Waals surface area contributed by atoms with E-state index in [9.17, 15) is 0 Å². The first-order chi connectivity index (χ1) is 1.73. The zero-order valence-corrected chi connectivity index (χ0v) is 10.1. The van der Waals surface area contributed by atoms with E-state index >= 15 is 0 Å². The Balaban J connectivity index is 0. The number of hydrogen-bond donors (Lipinski definition) is 1. The van der Waals surface area contributed by atoms with Gasteiger partial charge < -0.3 is 5.11 Å². The van der Waals surface area contributed by atoms with Crippen LogP contribution in [0.2, 0.25) is 0 Å². The summed E-state index contributed by atoms with van der Waals surface area (Å²) < 4.78 is 0. The van der Waals surface area contributed by atoms with Crippen molar-refractivity contribution < 1.29 is 5.11 Å². The number of aliphatic hydroxyl groups is 1. The van der Waals surface area contributed by atoms with Crippen LogP contribution in [-0.4, -0.2) is 5.11 Å². The van der Waals surface area contributed by atoms with Crippen LogP contribution >= 0.6 is 0 Å². The van der Waals surface area contributed by atoms with Crippen molar-refractivity contribution in [1.29, 1.82) is 0 Å². The van der Waals surface area contributed by atoms with Gasteiger partial charge in [-0.2, -0.15) is 13.8 Å². The zero-order valence-electron chi connectivity index (χ0n) is 3.65. The smallest absolute Gasteiger partial charge is 0 e. The standard InChI is InChI=1S/C3H7O.Rf/c1-3(2)4;/h4H,1-2H3;/q-1;. The summed E-state index contributed by atoms with van der Waals surface area (Å²) in [5, 5.41) is 7.97. The molecule has 0 amide bonds. The molecule has 0 radical (unpaired) electrons. The molecule has 0 aromatic rings. The van der Waals surface area contributed by atoms with Crippen molar-refractivity contribution in [2.75, 3.05) is 0 Å². The molecule has 0 unspecified atom stereocenters. The van der Waals surface area contributed by atoms with E-state index in [0.717, 1.165) is 0 Å². The molecule has 0 aliphatic carbocycles. The molecule has 1 N–H and O–H groups in total. The monoisotopic (exact) mass is 326 g/mol. The van der Waals surface area contributed by atoms with Crippen LogP contribution in [0.15, 0.2) is 0 Å². The van der Waals surface area contributed by atoms with Crippen LogP contribution in [0.3, 0.4) is 0 Å². The molecule has 0 fully saturated rings. The first-order valence-electron chi connectivity index (χ1n) is 1.22. The van der Waals surface area contributed by atoms with Crippen molar-refractivity contribution in [2.24, 2.45) is 0 Å². The van der Waals surface area contributed by atoms with Crippen molar-refractivity contribution in [3.05, 3.63) is 6.10 Å². The molecule has 0 rings (SSSR count).